The number of carbonyl (C=O) groups excluding carboxylic acids is 2. The number of rotatable bonds is 8. The van der Waals surface area contributed by atoms with Gasteiger partial charge in [0.05, 0.1) is 5.92 Å². The van der Waals surface area contributed by atoms with E-state index in [9.17, 15) is 9.59 Å². The van der Waals surface area contributed by atoms with Crippen molar-refractivity contribution in [1.29, 1.82) is 0 Å². The summed E-state index contributed by atoms with van der Waals surface area (Å²) in [6, 6.07) is 22.6. The zero-order chi connectivity index (χ0) is 19.6. The van der Waals surface area contributed by atoms with Gasteiger partial charge < -0.3 is 10.6 Å². The minimum atomic E-state index is -0.298. The fourth-order valence-corrected chi connectivity index (χ4v) is 2.98. The zero-order valence-electron chi connectivity index (χ0n) is 15.5. The minimum absolute atomic E-state index is 0.0584. The van der Waals surface area contributed by atoms with Gasteiger partial charge in [-0.05, 0) is 41.8 Å². The maximum absolute atomic E-state index is 12.8. The fraction of sp³-hybridized carbons (Fsp3) is 0.174. The topological polar surface area (TPSA) is 71.1 Å². The first-order chi connectivity index (χ1) is 13.7. The van der Waals surface area contributed by atoms with Crippen LogP contribution in [0.3, 0.4) is 0 Å². The summed E-state index contributed by atoms with van der Waals surface area (Å²) in [6.07, 6.45) is 4.05. The lowest BCUT2D eigenvalue weighted by molar-refractivity contribution is -0.122. The predicted molar refractivity (Wildman–Crippen MR) is 109 cm³/mol. The second kappa shape index (κ2) is 10.0. The summed E-state index contributed by atoms with van der Waals surface area (Å²) in [7, 11) is 0. The van der Waals surface area contributed by atoms with Gasteiger partial charge in [0.25, 0.3) is 5.91 Å². The highest BCUT2D eigenvalue weighted by molar-refractivity contribution is 5.94. The Morgan fingerprint density at radius 2 is 1.39 bits per heavy atom. The van der Waals surface area contributed by atoms with Crippen LogP contribution in [0.15, 0.2) is 85.2 Å². The molecule has 5 nitrogen and oxygen atoms in total. The number of hydrogen-bond acceptors (Lipinski definition) is 3. The Kier molecular flexibility index (Phi) is 6.90. The first kappa shape index (κ1) is 19.3. The van der Waals surface area contributed by atoms with Gasteiger partial charge in [-0.15, -0.1) is 0 Å². The molecule has 0 saturated heterocycles. The number of aromatic nitrogens is 1. The molecule has 0 fully saturated rings. The molecule has 5 heteroatoms. The molecular weight excluding hydrogens is 350 g/mol. The molecule has 0 radical (unpaired) electrons. The molecule has 0 aliphatic rings. The fourth-order valence-electron chi connectivity index (χ4n) is 2.98. The first-order valence-electron chi connectivity index (χ1n) is 9.29. The van der Waals surface area contributed by atoms with Crippen molar-refractivity contribution < 1.29 is 9.59 Å². The third-order valence-electron chi connectivity index (χ3n) is 4.45. The summed E-state index contributed by atoms with van der Waals surface area (Å²) >= 11 is 0. The molecule has 0 saturated carbocycles. The summed E-state index contributed by atoms with van der Waals surface area (Å²) in [5.41, 5.74) is 2.62. The molecule has 0 aliphatic carbocycles. The van der Waals surface area contributed by atoms with Crippen LogP contribution in [0.25, 0.3) is 0 Å². The Labute approximate surface area is 164 Å². The molecule has 1 atom stereocenters. The van der Waals surface area contributed by atoms with Crippen molar-refractivity contribution in [2.75, 3.05) is 13.1 Å². The number of nitrogens with one attached hydrogen (secondary N) is 2. The Balaban J connectivity index is 1.56. The van der Waals surface area contributed by atoms with Crippen molar-refractivity contribution in [1.82, 2.24) is 15.6 Å². The molecular formula is C23H23N3O2. The zero-order valence-corrected chi connectivity index (χ0v) is 15.5. The van der Waals surface area contributed by atoms with E-state index in [2.05, 4.69) is 15.6 Å². The van der Waals surface area contributed by atoms with Gasteiger partial charge in [0.1, 0.15) is 0 Å². The first-order valence-corrected chi connectivity index (χ1v) is 9.29. The van der Waals surface area contributed by atoms with Crippen LogP contribution in [-0.2, 0) is 11.2 Å². The molecule has 0 bridgehead atoms. The quantitative estimate of drug-likeness (QED) is 0.597. The third-order valence-corrected chi connectivity index (χ3v) is 4.45. The highest BCUT2D eigenvalue weighted by atomic mass is 16.2. The molecule has 142 valence electrons. The van der Waals surface area contributed by atoms with Crippen LogP contribution in [0.4, 0.5) is 0 Å². The van der Waals surface area contributed by atoms with Gasteiger partial charge in [0, 0.05) is 31.0 Å². The molecule has 28 heavy (non-hydrogen) atoms. The lowest BCUT2D eigenvalue weighted by Gasteiger charge is -2.17. The molecule has 2 N–H and O–H groups in total. The van der Waals surface area contributed by atoms with Crippen molar-refractivity contribution in [3.63, 3.8) is 0 Å². The molecule has 3 aromatic rings. The predicted octanol–water partition coefficient (Wildman–Crippen LogP) is 2.95. The second-order valence-electron chi connectivity index (χ2n) is 6.44. The van der Waals surface area contributed by atoms with Gasteiger partial charge in [-0.1, -0.05) is 48.5 Å². The maximum Gasteiger partial charge on any atom is 0.251 e. The number of hydrogen-bond donors (Lipinski definition) is 2. The van der Waals surface area contributed by atoms with E-state index in [1.54, 1.807) is 24.5 Å². The van der Waals surface area contributed by atoms with Crippen LogP contribution >= 0.6 is 0 Å². The highest BCUT2D eigenvalue weighted by Crippen LogP contribution is 2.21. The normalized spacial score (nSPS) is 11.4. The highest BCUT2D eigenvalue weighted by Gasteiger charge is 2.20. The number of pyridine rings is 1. The van der Waals surface area contributed by atoms with Crippen molar-refractivity contribution in [2.24, 2.45) is 0 Å². The van der Waals surface area contributed by atoms with Crippen LogP contribution in [0.1, 0.15) is 27.4 Å². The standard InChI is InChI=1S/C23H23N3O2/c27-22(20-9-5-2-6-10-20)25-15-16-26-23(28)21(19-7-3-1-4-8-19)17-18-11-13-24-14-12-18/h1-14,21H,15-17H2,(H,25,27)(H,26,28). The smallest absolute Gasteiger partial charge is 0.251 e. The van der Waals surface area contributed by atoms with E-state index < -0.39 is 0 Å². The molecule has 0 spiro atoms. The summed E-state index contributed by atoms with van der Waals surface area (Å²) in [4.78, 5) is 28.9. The summed E-state index contributed by atoms with van der Waals surface area (Å²) < 4.78 is 0. The van der Waals surface area contributed by atoms with E-state index in [-0.39, 0.29) is 17.7 Å². The molecule has 0 aliphatic heterocycles. The van der Waals surface area contributed by atoms with E-state index in [1.807, 2.05) is 60.7 Å². The lowest BCUT2D eigenvalue weighted by atomic mass is 9.91. The van der Waals surface area contributed by atoms with E-state index >= 15 is 0 Å². The van der Waals surface area contributed by atoms with Gasteiger partial charge in [-0.25, -0.2) is 0 Å². The number of amides is 2. The van der Waals surface area contributed by atoms with Crippen LogP contribution in [-0.4, -0.2) is 29.9 Å². The van der Waals surface area contributed by atoms with Gasteiger partial charge in [0.2, 0.25) is 5.91 Å². The third kappa shape index (κ3) is 5.51. The van der Waals surface area contributed by atoms with Crippen molar-refractivity contribution >= 4 is 11.8 Å². The summed E-state index contributed by atoms with van der Waals surface area (Å²) in [5, 5.41) is 5.76. The van der Waals surface area contributed by atoms with Crippen LogP contribution in [0.2, 0.25) is 0 Å². The van der Waals surface area contributed by atoms with Gasteiger partial charge in [0.15, 0.2) is 0 Å². The van der Waals surface area contributed by atoms with Crippen molar-refractivity contribution in [2.45, 2.75) is 12.3 Å². The Hall–Kier alpha value is -3.47. The largest absolute Gasteiger partial charge is 0.354 e. The number of carbonyl (C=O) groups is 2. The average molecular weight is 373 g/mol. The molecule has 1 unspecified atom stereocenters. The van der Waals surface area contributed by atoms with Crippen LogP contribution in [0.5, 0.6) is 0 Å². The van der Waals surface area contributed by atoms with Crippen LogP contribution in [0, 0.1) is 0 Å². The van der Waals surface area contributed by atoms with Gasteiger partial charge >= 0.3 is 0 Å². The van der Waals surface area contributed by atoms with Gasteiger partial charge in [-0.3, -0.25) is 14.6 Å². The van der Waals surface area contributed by atoms with E-state index in [0.29, 0.717) is 25.1 Å². The van der Waals surface area contributed by atoms with E-state index in [0.717, 1.165) is 11.1 Å². The Morgan fingerprint density at radius 1 is 0.786 bits per heavy atom. The average Bonchev–Trinajstić information content (AvgIpc) is 2.76. The summed E-state index contributed by atoms with van der Waals surface area (Å²) in [5.74, 6) is -0.503. The second-order valence-corrected chi connectivity index (χ2v) is 6.44. The molecule has 2 aromatic carbocycles. The van der Waals surface area contributed by atoms with E-state index in [4.69, 9.17) is 0 Å². The molecule has 1 aromatic heterocycles. The monoisotopic (exact) mass is 373 g/mol. The molecule has 1 heterocycles. The van der Waals surface area contributed by atoms with Crippen molar-refractivity contribution in [3.8, 4) is 0 Å². The van der Waals surface area contributed by atoms with Gasteiger partial charge in [-0.2, -0.15) is 0 Å². The number of nitrogens with zero attached hydrogens (tertiary/aromatic N) is 1. The summed E-state index contributed by atoms with van der Waals surface area (Å²) in [6.45, 7) is 0.743. The number of benzene rings is 2. The molecule has 3 rings (SSSR count). The SMILES string of the molecule is O=C(NCCNC(=O)C(Cc1ccncc1)c1ccccc1)c1ccccc1. The Morgan fingerprint density at radius 3 is 2.07 bits per heavy atom. The van der Waals surface area contributed by atoms with Crippen LogP contribution < -0.4 is 10.6 Å². The minimum Gasteiger partial charge on any atom is -0.354 e. The van der Waals surface area contributed by atoms with E-state index in [1.165, 1.54) is 0 Å². The Bertz CT molecular complexity index is 883. The lowest BCUT2D eigenvalue weighted by Crippen LogP contribution is -2.37. The molecule has 2 amide bonds. The maximum atomic E-state index is 12.8. The van der Waals surface area contributed by atoms with Crippen molar-refractivity contribution in [3.05, 3.63) is 102 Å².